The molecule has 2 unspecified atom stereocenters. The van der Waals surface area contributed by atoms with Crippen molar-refractivity contribution in [3.05, 3.63) is 69.2 Å². The van der Waals surface area contributed by atoms with E-state index in [-0.39, 0.29) is 5.90 Å². The molecule has 2 aliphatic rings. The fraction of sp³-hybridized carbons (Fsp3) is 0.320. The lowest BCUT2D eigenvalue weighted by Gasteiger charge is -2.28. The maximum atomic E-state index is 9.86. The van der Waals surface area contributed by atoms with E-state index in [2.05, 4.69) is 40.5 Å². The number of benzene rings is 2. The van der Waals surface area contributed by atoms with E-state index in [9.17, 15) is 5.26 Å². The van der Waals surface area contributed by atoms with Crippen molar-refractivity contribution in [3.63, 3.8) is 0 Å². The number of halogens is 2. The van der Waals surface area contributed by atoms with Crippen molar-refractivity contribution in [2.75, 3.05) is 0 Å². The van der Waals surface area contributed by atoms with E-state index in [1.165, 1.54) is 37.7 Å². The second-order valence-electron chi connectivity index (χ2n) is 8.50. The van der Waals surface area contributed by atoms with Gasteiger partial charge in [0.15, 0.2) is 0 Å². The number of H-pyrrole nitrogens is 1. The summed E-state index contributed by atoms with van der Waals surface area (Å²) >= 11 is 12.4. The van der Waals surface area contributed by atoms with Crippen LogP contribution in [0.5, 0.6) is 5.88 Å². The topological polar surface area (TPSA) is 85.6 Å². The van der Waals surface area contributed by atoms with Gasteiger partial charge in [-0.05, 0) is 47.6 Å². The zero-order valence-electron chi connectivity index (χ0n) is 17.4. The van der Waals surface area contributed by atoms with Crippen molar-refractivity contribution in [1.82, 2.24) is 10.2 Å². The molecule has 5 rings (SSSR count). The number of nitrogens with one attached hydrogen (secondary N) is 2. The molecule has 1 aromatic heterocycles. The van der Waals surface area contributed by atoms with Crippen LogP contribution in [0.25, 0.3) is 11.3 Å². The monoisotopic (exact) mass is 464 g/mol. The van der Waals surface area contributed by atoms with Crippen molar-refractivity contribution in [3.8, 4) is 23.2 Å². The third-order valence-corrected chi connectivity index (χ3v) is 7.36. The van der Waals surface area contributed by atoms with E-state index >= 15 is 0 Å². The Labute approximate surface area is 196 Å². The Morgan fingerprint density at radius 3 is 2.41 bits per heavy atom. The number of hydrogen-bond donors (Lipinski definition) is 2. The number of aromatic nitrogens is 2. The van der Waals surface area contributed by atoms with E-state index in [0.29, 0.717) is 21.8 Å². The number of rotatable bonds is 3. The highest BCUT2D eigenvalue weighted by Crippen LogP contribution is 2.46. The Hall–Kier alpha value is -2.81. The first-order valence-electron chi connectivity index (χ1n) is 10.9. The fourth-order valence-corrected chi connectivity index (χ4v) is 5.27. The lowest BCUT2D eigenvalue weighted by molar-refractivity contribution is 0.437. The molecule has 0 spiro atoms. The Kier molecular flexibility index (Phi) is 5.67. The molecular formula is C25H22Cl2N4O. The van der Waals surface area contributed by atoms with Crippen molar-refractivity contribution in [2.24, 2.45) is 5.92 Å². The Balaban J connectivity index is 1.58. The molecule has 2 atom stereocenters. The SMILES string of the molecule is N#CC1C(=N)Oc2n[nH]c(-c3ccc(C4CCCCC4)cc3)c2C1c1ccc(Cl)c(Cl)c1. The molecule has 0 amide bonds. The largest absolute Gasteiger partial charge is 0.422 e. The molecule has 3 aromatic rings. The summed E-state index contributed by atoms with van der Waals surface area (Å²) in [4.78, 5) is 0. The minimum Gasteiger partial charge on any atom is -0.422 e. The van der Waals surface area contributed by atoms with Crippen molar-refractivity contribution >= 4 is 29.1 Å². The minimum atomic E-state index is -0.794. The standard InChI is InChI=1S/C25H22Cl2N4O/c26-19-11-10-17(12-20(19)27)21-18(13-28)24(29)32-25-22(21)23(30-31-25)16-8-6-15(7-9-16)14-4-2-1-3-5-14/h6-12,14,18,21,29H,1-5H2,(H,30,31). The third-order valence-electron chi connectivity index (χ3n) is 6.62. The average molecular weight is 465 g/mol. The van der Waals surface area contributed by atoms with Gasteiger partial charge in [-0.1, -0.05) is 72.8 Å². The minimum absolute atomic E-state index is 0.123. The van der Waals surface area contributed by atoms with Crippen LogP contribution in [0.15, 0.2) is 42.5 Å². The Morgan fingerprint density at radius 2 is 1.72 bits per heavy atom. The molecule has 2 heterocycles. The van der Waals surface area contributed by atoms with Crippen LogP contribution in [0.2, 0.25) is 10.0 Å². The fourth-order valence-electron chi connectivity index (χ4n) is 4.96. The molecule has 1 saturated carbocycles. The van der Waals surface area contributed by atoms with Crippen LogP contribution in [-0.2, 0) is 0 Å². The predicted octanol–water partition coefficient (Wildman–Crippen LogP) is 7.07. The van der Waals surface area contributed by atoms with Gasteiger partial charge in [0.1, 0.15) is 5.92 Å². The van der Waals surface area contributed by atoms with Crippen molar-refractivity contribution in [1.29, 1.82) is 10.7 Å². The molecule has 162 valence electrons. The highest BCUT2D eigenvalue weighted by molar-refractivity contribution is 6.42. The molecule has 2 N–H and O–H groups in total. The lowest BCUT2D eigenvalue weighted by Crippen LogP contribution is -2.30. The van der Waals surface area contributed by atoms with Crippen LogP contribution < -0.4 is 4.74 Å². The molecule has 5 nitrogen and oxygen atoms in total. The number of aromatic amines is 1. The van der Waals surface area contributed by atoms with Gasteiger partial charge in [-0.25, -0.2) is 0 Å². The van der Waals surface area contributed by atoms with Gasteiger partial charge < -0.3 is 4.74 Å². The molecule has 32 heavy (non-hydrogen) atoms. The summed E-state index contributed by atoms with van der Waals surface area (Å²) in [6.07, 6.45) is 6.42. The highest BCUT2D eigenvalue weighted by Gasteiger charge is 2.41. The number of nitrogens with zero attached hydrogens (tertiary/aromatic N) is 2. The molecule has 7 heteroatoms. The first-order valence-corrected chi connectivity index (χ1v) is 11.6. The van der Waals surface area contributed by atoms with Gasteiger partial charge in [0.25, 0.3) is 0 Å². The molecule has 1 aliphatic heterocycles. The summed E-state index contributed by atoms with van der Waals surface area (Å²) in [5.74, 6) is -0.412. The molecular weight excluding hydrogens is 443 g/mol. The first kappa shape index (κ1) is 21.1. The third kappa shape index (κ3) is 3.68. The molecule has 0 bridgehead atoms. The van der Waals surface area contributed by atoms with Gasteiger partial charge in [-0.15, -0.1) is 5.10 Å². The summed E-state index contributed by atoms with van der Waals surface area (Å²) < 4.78 is 5.62. The van der Waals surface area contributed by atoms with Gasteiger partial charge >= 0.3 is 0 Å². The van der Waals surface area contributed by atoms with Gasteiger partial charge in [-0.3, -0.25) is 10.5 Å². The number of ether oxygens (including phenoxy) is 1. The van der Waals surface area contributed by atoms with Crippen LogP contribution >= 0.6 is 23.2 Å². The highest BCUT2D eigenvalue weighted by atomic mass is 35.5. The molecule has 1 aliphatic carbocycles. The van der Waals surface area contributed by atoms with Crippen LogP contribution in [0.4, 0.5) is 0 Å². The Morgan fingerprint density at radius 1 is 1.00 bits per heavy atom. The average Bonchev–Trinajstić information content (AvgIpc) is 3.24. The van der Waals surface area contributed by atoms with Gasteiger partial charge in [0, 0.05) is 5.92 Å². The first-order chi connectivity index (χ1) is 15.6. The zero-order chi connectivity index (χ0) is 22.2. The van der Waals surface area contributed by atoms with E-state index < -0.39 is 11.8 Å². The second-order valence-corrected chi connectivity index (χ2v) is 9.31. The summed E-state index contributed by atoms with van der Waals surface area (Å²) in [5.41, 5.74) is 4.69. The van der Waals surface area contributed by atoms with Gasteiger partial charge in [0.2, 0.25) is 11.8 Å². The van der Waals surface area contributed by atoms with Crippen LogP contribution in [0.1, 0.15) is 60.6 Å². The number of fused-ring (bicyclic) bond motifs is 1. The smallest absolute Gasteiger partial charge is 0.244 e. The quantitative estimate of drug-likeness (QED) is 0.434. The van der Waals surface area contributed by atoms with E-state index in [1.54, 1.807) is 12.1 Å². The van der Waals surface area contributed by atoms with Crippen LogP contribution in [-0.4, -0.2) is 16.1 Å². The summed E-state index contributed by atoms with van der Waals surface area (Å²) in [6, 6.07) is 16.1. The Bertz CT molecular complexity index is 1210. The maximum Gasteiger partial charge on any atom is 0.244 e. The van der Waals surface area contributed by atoms with E-state index in [1.807, 2.05) is 6.07 Å². The zero-order valence-corrected chi connectivity index (χ0v) is 18.9. The van der Waals surface area contributed by atoms with Crippen LogP contribution in [0.3, 0.4) is 0 Å². The number of hydrogen-bond acceptors (Lipinski definition) is 4. The lowest BCUT2D eigenvalue weighted by atomic mass is 9.78. The van der Waals surface area contributed by atoms with E-state index in [0.717, 1.165) is 22.4 Å². The summed E-state index contributed by atoms with van der Waals surface area (Å²) in [7, 11) is 0. The van der Waals surface area contributed by atoms with Crippen molar-refractivity contribution in [2.45, 2.75) is 43.9 Å². The normalized spacial score (nSPS) is 21.0. The molecule has 0 radical (unpaired) electrons. The number of nitriles is 1. The van der Waals surface area contributed by atoms with Gasteiger partial charge in [-0.2, -0.15) is 5.26 Å². The summed E-state index contributed by atoms with van der Waals surface area (Å²) in [6.45, 7) is 0. The molecule has 2 aromatic carbocycles. The summed E-state index contributed by atoms with van der Waals surface area (Å²) in [5, 5.41) is 26.4. The second kappa shape index (κ2) is 8.61. The predicted molar refractivity (Wildman–Crippen MR) is 126 cm³/mol. The maximum absolute atomic E-state index is 9.86. The van der Waals surface area contributed by atoms with Crippen LogP contribution in [0, 0.1) is 22.7 Å². The van der Waals surface area contributed by atoms with Gasteiger partial charge in [0.05, 0.1) is 27.4 Å². The van der Waals surface area contributed by atoms with Crippen molar-refractivity contribution < 1.29 is 4.74 Å². The molecule has 0 saturated heterocycles. The van der Waals surface area contributed by atoms with E-state index in [4.69, 9.17) is 33.3 Å². The molecule has 1 fully saturated rings.